The fourth-order valence-electron chi connectivity index (χ4n) is 1.79. The summed E-state index contributed by atoms with van der Waals surface area (Å²) in [4.78, 5) is 24.1. The molecule has 0 saturated heterocycles. The number of carbonyl (C=O) groups is 2. The number of hydrogen-bond donors (Lipinski definition) is 1. The maximum Gasteiger partial charge on any atom is 0.323 e. The largest absolute Gasteiger partial charge is 0.480 e. The van der Waals surface area contributed by atoms with Crippen LogP contribution in [0.5, 0.6) is 0 Å². The molecule has 0 radical (unpaired) electrons. The van der Waals surface area contributed by atoms with Crippen LogP contribution in [0.3, 0.4) is 0 Å². The number of carboxylic acid groups (broad SMARTS) is 1. The van der Waals surface area contributed by atoms with Crippen LogP contribution >= 0.6 is 23.2 Å². The summed E-state index contributed by atoms with van der Waals surface area (Å²) in [7, 11) is 0. The minimum Gasteiger partial charge on any atom is -0.480 e. The number of carbonyl (C=O) groups excluding carboxylic acids is 1. The highest BCUT2D eigenvalue weighted by Crippen LogP contribution is 2.23. The Morgan fingerprint density at radius 1 is 1.25 bits per heavy atom. The number of halogens is 2. The van der Waals surface area contributed by atoms with Gasteiger partial charge in [0.2, 0.25) is 5.91 Å². The van der Waals surface area contributed by atoms with Gasteiger partial charge in [-0.25, -0.2) is 0 Å². The number of benzene rings is 1. The Balaban J connectivity index is 2.64. The molecule has 20 heavy (non-hydrogen) atoms. The SMILES string of the molecule is CC(C)N(CC(=O)O)C(=O)CCc1ccc(Cl)c(Cl)c1. The molecule has 0 aliphatic carbocycles. The highest BCUT2D eigenvalue weighted by atomic mass is 35.5. The van der Waals surface area contributed by atoms with E-state index in [0.29, 0.717) is 16.5 Å². The van der Waals surface area contributed by atoms with Crippen molar-refractivity contribution in [3.8, 4) is 0 Å². The van der Waals surface area contributed by atoms with E-state index in [9.17, 15) is 9.59 Å². The smallest absolute Gasteiger partial charge is 0.323 e. The highest BCUT2D eigenvalue weighted by molar-refractivity contribution is 6.42. The van der Waals surface area contributed by atoms with Crippen LogP contribution in [0.2, 0.25) is 10.0 Å². The van der Waals surface area contributed by atoms with E-state index in [4.69, 9.17) is 28.3 Å². The third-order valence-electron chi connectivity index (χ3n) is 2.86. The first kappa shape index (κ1) is 16.8. The first-order chi connectivity index (χ1) is 9.31. The zero-order valence-corrected chi connectivity index (χ0v) is 12.9. The van der Waals surface area contributed by atoms with Crippen molar-refractivity contribution in [2.24, 2.45) is 0 Å². The van der Waals surface area contributed by atoms with Crippen molar-refractivity contribution in [3.63, 3.8) is 0 Å². The fourth-order valence-corrected chi connectivity index (χ4v) is 2.12. The van der Waals surface area contributed by atoms with Crippen molar-refractivity contribution in [2.75, 3.05) is 6.54 Å². The van der Waals surface area contributed by atoms with Crippen LogP contribution in [-0.2, 0) is 16.0 Å². The summed E-state index contributed by atoms with van der Waals surface area (Å²) < 4.78 is 0. The number of aryl methyl sites for hydroxylation is 1. The Labute approximate surface area is 128 Å². The van der Waals surface area contributed by atoms with Crippen molar-refractivity contribution in [1.29, 1.82) is 0 Å². The summed E-state index contributed by atoms with van der Waals surface area (Å²) in [5.41, 5.74) is 0.895. The molecule has 0 unspecified atom stereocenters. The molecule has 1 aromatic carbocycles. The monoisotopic (exact) mass is 317 g/mol. The van der Waals surface area contributed by atoms with E-state index in [1.165, 1.54) is 4.90 Å². The summed E-state index contributed by atoms with van der Waals surface area (Å²) in [5, 5.41) is 9.72. The third-order valence-corrected chi connectivity index (χ3v) is 3.60. The van der Waals surface area contributed by atoms with E-state index in [-0.39, 0.29) is 24.9 Å². The van der Waals surface area contributed by atoms with Gasteiger partial charge in [0.25, 0.3) is 0 Å². The van der Waals surface area contributed by atoms with Crippen molar-refractivity contribution in [3.05, 3.63) is 33.8 Å². The first-order valence-electron chi connectivity index (χ1n) is 6.26. The lowest BCUT2D eigenvalue weighted by molar-refractivity contribution is -0.145. The maximum atomic E-state index is 12.0. The normalized spacial score (nSPS) is 10.7. The molecule has 1 rings (SSSR count). The zero-order valence-electron chi connectivity index (χ0n) is 11.4. The molecular weight excluding hydrogens is 301 g/mol. The quantitative estimate of drug-likeness (QED) is 0.876. The van der Waals surface area contributed by atoms with Crippen LogP contribution < -0.4 is 0 Å². The summed E-state index contributed by atoms with van der Waals surface area (Å²) in [5.74, 6) is -1.20. The topological polar surface area (TPSA) is 57.6 Å². The van der Waals surface area contributed by atoms with Gasteiger partial charge in [-0.3, -0.25) is 9.59 Å². The van der Waals surface area contributed by atoms with Gasteiger partial charge < -0.3 is 10.0 Å². The maximum absolute atomic E-state index is 12.0. The van der Waals surface area contributed by atoms with Gasteiger partial charge in [0, 0.05) is 12.5 Å². The zero-order chi connectivity index (χ0) is 15.3. The van der Waals surface area contributed by atoms with E-state index in [0.717, 1.165) is 5.56 Å². The standard InChI is InChI=1S/C14H17Cl2NO3/c1-9(2)17(8-14(19)20)13(18)6-4-10-3-5-11(15)12(16)7-10/h3,5,7,9H,4,6,8H2,1-2H3,(H,19,20). The van der Waals surface area contributed by atoms with E-state index < -0.39 is 5.97 Å². The third kappa shape index (κ3) is 5.02. The molecule has 0 heterocycles. The summed E-state index contributed by atoms with van der Waals surface area (Å²) >= 11 is 11.7. The molecule has 0 aromatic heterocycles. The van der Waals surface area contributed by atoms with Crippen molar-refractivity contribution < 1.29 is 14.7 Å². The number of hydrogen-bond acceptors (Lipinski definition) is 2. The van der Waals surface area contributed by atoms with Crippen LogP contribution in [0, 0.1) is 0 Å². The lowest BCUT2D eigenvalue weighted by atomic mass is 10.1. The van der Waals surface area contributed by atoms with Crippen molar-refractivity contribution in [2.45, 2.75) is 32.7 Å². The molecule has 0 fully saturated rings. The van der Waals surface area contributed by atoms with Gasteiger partial charge in [0.15, 0.2) is 0 Å². The number of aliphatic carboxylic acids is 1. The van der Waals surface area contributed by atoms with E-state index in [1.807, 2.05) is 0 Å². The Kier molecular flexibility index (Phi) is 6.30. The van der Waals surface area contributed by atoms with Crippen LogP contribution in [0.1, 0.15) is 25.8 Å². The van der Waals surface area contributed by atoms with Gasteiger partial charge in [-0.1, -0.05) is 29.3 Å². The lowest BCUT2D eigenvalue weighted by Crippen LogP contribution is -2.40. The summed E-state index contributed by atoms with van der Waals surface area (Å²) in [6.07, 6.45) is 0.738. The molecular formula is C14H17Cl2NO3. The number of nitrogens with zero attached hydrogens (tertiary/aromatic N) is 1. The van der Waals surface area contributed by atoms with Gasteiger partial charge in [0.05, 0.1) is 10.0 Å². The van der Waals surface area contributed by atoms with Crippen LogP contribution in [0.15, 0.2) is 18.2 Å². The molecule has 110 valence electrons. The predicted molar refractivity (Wildman–Crippen MR) is 79.3 cm³/mol. The average molecular weight is 318 g/mol. The van der Waals surface area contributed by atoms with Gasteiger partial charge in [0.1, 0.15) is 6.54 Å². The Morgan fingerprint density at radius 3 is 2.40 bits per heavy atom. The van der Waals surface area contributed by atoms with Crippen LogP contribution in [-0.4, -0.2) is 34.5 Å². The minimum absolute atomic E-state index is 0.146. The van der Waals surface area contributed by atoms with Gasteiger partial charge >= 0.3 is 5.97 Å². The fraction of sp³-hybridized carbons (Fsp3) is 0.429. The molecule has 6 heteroatoms. The molecule has 0 bridgehead atoms. The molecule has 4 nitrogen and oxygen atoms in total. The molecule has 0 aliphatic rings. The Hall–Kier alpha value is -1.26. The highest BCUT2D eigenvalue weighted by Gasteiger charge is 2.19. The van der Waals surface area contributed by atoms with E-state index >= 15 is 0 Å². The second kappa shape index (κ2) is 7.50. The van der Waals surface area contributed by atoms with Gasteiger partial charge in [-0.05, 0) is 38.0 Å². The van der Waals surface area contributed by atoms with Crippen LogP contribution in [0.4, 0.5) is 0 Å². The number of rotatable bonds is 6. The first-order valence-corrected chi connectivity index (χ1v) is 7.02. The molecule has 0 saturated carbocycles. The van der Waals surface area contributed by atoms with Crippen molar-refractivity contribution >= 4 is 35.1 Å². The molecule has 0 atom stereocenters. The molecule has 0 aliphatic heterocycles. The summed E-state index contributed by atoms with van der Waals surface area (Å²) in [6.45, 7) is 3.30. The summed E-state index contributed by atoms with van der Waals surface area (Å²) in [6, 6.07) is 5.06. The van der Waals surface area contributed by atoms with Crippen LogP contribution in [0.25, 0.3) is 0 Å². The van der Waals surface area contributed by atoms with E-state index in [2.05, 4.69) is 0 Å². The average Bonchev–Trinajstić information content (AvgIpc) is 2.36. The Morgan fingerprint density at radius 2 is 1.90 bits per heavy atom. The number of amides is 1. The van der Waals surface area contributed by atoms with Crippen molar-refractivity contribution in [1.82, 2.24) is 4.90 Å². The molecule has 1 amide bonds. The number of carboxylic acids is 1. The Bertz CT molecular complexity index is 503. The van der Waals surface area contributed by atoms with Gasteiger partial charge in [-0.15, -0.1) is 0 Å². The minimum atomic E-state index is -1.01. The predicted octanol–water partition coefficient (Wildman–Crippen LogP) is 3.25. The lowest BCUT2D eigenvalue weighted by Gasteiger charge is -2.24. The molecule has 0 spiro atoms. The second-order valence-corrected chi connectivity index (χ2v) is 5.57. The van der Waals surface area contributed by atoms with E-state index in [1.54, 1.807) is 32.0 Å². The second-order valence-electron chi connectivity index (χ2n) is 4.76. The van der Waals surface area contributed by atoms with Gasteiger partial charge in [-0.2, -0.15) is 0 Å². The molecule has 1 N–H and O–H groups in total. The molecule has 1 aromatic rings.